The highest BCUT2D eigenvalue weighted by atomic mass is 32.2. The van der Waals surface area contributed by atoms with Crippen molar-refractivity contribution < 1.29 is 9.59 Å². The van der Waals surface area contributed by atoms with Crippen molar-refractivity contribution in [1.82, 2.24) is 4.90 Å². The Labute approximate surface area is 174 Å². The van der Waals surface area contributed by atoms with Gasteiger partial charge in [-0.05, 0) is 29.7 Å². The first kappa shape index (κ1) is 20.0. The van der Waals surface area contributed by atoms with Crippen molar-refractivity contribution in [2.24, 2.45) is 0 Å². The second-order valence-electron chi connectivity index (χ2n) is 6.12. The van der Waals surface area contributed by atoms with Crippen molar-refractivity contribution in [3.05, 3.63) is 82.8 Å². The first-order chi connectivity index (χ1) is 13.6. The largest absolute Gasteiger partial charge is 0.324 e. The Morgan fingerprint density at radius 2 is 1.86 bits per heavy atom. The van der Waals surface area contributed by atoms with Crippen molar-refractivity contribution in [2.45, 2.75) is 13.3 Å². The molecule has 1 aliphatic rings. The van der Waals surface area contributed by atoms with Gasteiger partial charge in [0.25, 0.3) is 5.91 Å². The summed E-state index contributed by atoms with van der Waals surface area (Å²) in [6, 6.07) is 17.4. The molecule has 0 saturated carbocycles. The van der Waals surface area contributed by atoms with Crippen LogP contribution in [0.5, 0.6) is 0 Å². The fraction of sp³-hybridized carbons (Fsp3) is 0.136. The van der Waals surface area contributed by atoms with E-state index < -0.39 is 0 Å². The Balaban J connectivity index is 1.64. The van der Waals surface area contributed by atoms with Gasteiger partial charge in [0.15, 0.2) is 0 Å². The number of carbonyl (C=O) groups is 2. The zero-order valence-corrected chi connectivity index (χ0v) is 17.1. The molecule has 4 nitrogen and oxygen atoms in total. The van der Waals surface area contributed by atoms with E-state index >= 15 is 0 Å². The number of carbonyl (C=O) groups excluding carboxylic acids is 2. The van der Waals surface area contributed by atoms with Gasteiger partial charge in [0.05, 0.1) is 4.91 Å². The molecule has 2 aromatic rings. The molecule has 0 atom stereocenters. The number of rotatable bonds is 6. The number of allylic oxidation sites excluding steroid dienone is 2. The fourth-order valence-electron chi connectivity index (χ4n) is 2.75. The van der Waals surface area contributed by atoms with E-state index in [0.29, 0.717) is 9.23 Å². The summed E-state index contributed by atoms with van der Waals surface area (Å²) >= 11 is 6.50. The molecule has 1 fully saturated rings. The predicted molar refractivity (Wildman–Crippen MR) is 120 cm³/mol. The van der Waals surface area contributed by atoms with E-state index in [1.54, 1.807) is 6.08 Å². The monoisotopic (exact) mass is 408 g/mol. The second kappa shape index (κ2) is 9.48. The predicted octanol–water partition coefficient (Wildman–Crippen LogP) is 4.65. The molecule has 0 radical (unpaired) electrons. The highest BCUT2D eigenvalue weighted by Crippen LogP contribution is 2.31. The lowest BCUT2D eigenvalue weighted by molar-refractivity contribution is -0.126. The third-order valence-electron chi connectivity index (χ3n) is 4.18. The lowest BCUT2D eigenvalue weighted by Gasteiger charge is -2.15. The summed E-state index contributed by atoms with van der Waals surface area (Å²) in [4.78, 5) is 26.9. The van der Waals surface area contributed by atoms with Crippen LogP contribution in [0, 0.1) is 0 Å². The summed E-state index contributed by atoms with van der Waals surface area (Å²) in [5.74, 6) is -0.509. The van der Waals surface area contributed by atoms with Gasteiger partial charge in [0, 0.05) is 5.69 Å². The zero-order chi connectivity index (χ0) is 19.9. The minimum absolute atomic E-state index is 0.0948. The SMILES string of the molecule is CCc1ccccc1NC(=O)CN1C(=O)/C(=C/C=C/c2ccccc2)SC1=S. The Hall–Kier alpha value is -2.70. The fourth-order valence-corrected chi connectivity index (χ4v) is 3.95. The molecule has 3 rings (SSSR count). The molecule has 0 aliphatic carbocycles. The van der Waals surface area contributed by atoms with Crippen LogP contribution in [0.1, 0.15) is 18.1 Å². The number of thioether (sulfide) groups is 1. The number of nitrogens with one attached hydrogen (secondary N) is 1. The molecule has 2 aromatic carbocycles. The Morgan fingerprint density at radius 3 is 2.61 bits per heavy atom. The highest BCUT2D eigenvalue weighted by molar-refractivity contribution is 8.26. The molecule has 0 spiro atoms. The molecule has 6 heteroatoms. The van der Waals surface area contributed by atoms with Gasteiger partial charge in [-0.3, -0.25) is 14.5 Å². The maximum atomic E-state index is 12.6. The van der Waals surface area contributed by atoms with Crippen LogP contribution in [0.25, 0.3) is 6.08 Å². The number of thiocarbonyl (C=S) groups is 1. The molecular formula is C22H20N2O2S2. The molecule has 1 saturated heterocycles. The quantitative estimate of drug-likeness (QED) is 0.559. The average Bonchev–Trinajstić information content (AvgIpc) is 2.97. The standard InChI is InChI=1S/C22H20N2O2S2/c1-2-17-12-6-7-13-18(17)23-20(25)15-24-21(26)19(28-22(24)27)14-8-11-16-9-4-3-5-10-16/h3-14H,2,15H2,1H3,(H,23,25)/b11-8+,19-14-. The van der Waals surface area contributed by atoms with E-state index in [-0.39, 0.29) is 18.4 Å². The van der Waals surface area contributed by atoms with Crippen LogP contribution in [0.3, 0.4) is 0 Å². The number of anilines is 1. The smallest absolute Gasteiger partial charge is 0.266 e. The molecule has 1 heterocycles. The molecule has 1 aliphatic heterocycles. The first-order valence-corrected chi connectivity index (χ1v) is 10.2. The molecule has 0 unspecified atom stereocenters. The maximum Gasteiger partial charge on any atom is 0.266 e. The molecule has 28 heavy (non-hydrogen) atoms. The van der Waals surface area contributed by atoms with Crippen molar-refractivity contribution in [3.63, 3.8) is 0 Å². The summed E-state index contributed by atoms with van der Waals surface area (Å²) in [7, 11) is 0. The normalized spacial score (nSPS) is 15.6. The Kier molecular flexibility index (Phi) is 6.79. The van der Waals surface area contributed by atoms with Crippen LogP contribution >= 0.6 is 24.0 Å². The lowest BCUT2D eigenvalue weighted by Crippen LogP contribution is -2.36. The van der Waals surface area contributed by atoms with E-state index in [4.69, 9.17) is 12.2 Å². The summed E-state index contributed by atoms with van der Waals surface area (Å²) in [5.41, 5.74) is 2.86. The number of benzene rings is 2. The molecule has 2 amide bonds. The van der Waals surface area contributed by atoms with Crippen LogP contribution in [0.2, 0.25) is 0 Å². The number of aryl methyl sites for hydroxylation is 1. The van der Waals surface area contributed by atoms with Crippen molar-refractivity contribution in [3.8, 4) is 0 Å². The maximum absolute atomic E-state index is 12.6. The van der Waals surface area contributed by atoms with Crippen molar-refractivity contribution in [2.75, 3.05) is 11.9 Å². The third kappa shape index (κ3) is 4.97. The van der Waals surface area contributed by atoms with Crippen LogP contribution in [0.15, 0.2) is 71.7 Å². The van der Waals surface area contributed by atoms with E-state index in [1.807, 2.05) is 73.7 Å². The van der Waals surface area contributed by atoms with Gasteiger partial charge in [0.1, 0.15) is 10.9 Å². The summed E-state index contributed by atoms with van der Waals surface area (Å²) in [6.07, 6.45) is 6.28. The van der Waals surface area contributed by atoms with Crippen molar-refractivity contribution >= 4 is 51.9 Å². The number of nitrogens with zero attached hydrogens (tertiary/aromatic N) is 1. The molecule has 0 aromatic heterocycles. The number of hydrogen-bond acceptors (Lipinski definition) is 4. The molecular weight excluding hydrogens is 388 g/mol. The van der Waals surface area contributed by atoms with E-state index in [9.17, 15) is 9.59 Å². The summed E-state index contributed by atoms with van der Waals surface area (Å²) in [6.45, 7) is 1.93. The Bertz CT molecular complexity index is 952. The molecule has 1 N–H and O–H groups in total. The van der Waals surface area contributed by atoms with Gasteiger partial charge in [-0.25, -0.2) is 0 Å². The van der Waals surface area contributed by atoms with Crippen LogP contribution in [-0.4, -0.2) is 27.6 Å². The number of hydrogen-bond donors (Lipinski definition) is 1. The summed E-state index contributed by atoms with van der Waals surface area (Å²) < 4.78 is 0.392. The van der Waals surface area contributed by atoms with E-state index in [0.717, 1.165) is 23.2 Å². The molecule has 142 valence electrons. The van der Waals surface area contributed by atoms with Gasteiger partial charge < -0.3 is 5.32 Å². The minimum Gasteiger partial charge on any atom is -0.324 e. The number of para-hydroxylation sites is 1. The van der Waals surface area contributed by atoms with Crippen molar-refractivity contribution in [1.29, 1.82) is 0 Å². The van der Waals surface area contributed by atoms with Gasteiger partial charge in [-0.1, -0.05) is 91.6 Å². The zero-order valence-electron chi connectivity index (χ0n) is 15.4. The van der Waals surface area contributed by atoms with Crippen LogP contribution in [-0.2, 0) is 16.0 Å². The minimum atomic E-state index is -0.265. The van der Waals surface area contributed by atoms with Gasteiger partial charge in [0.2, 0.25) is 5.91 Å². The van der Waals surface area contributed by atoms with E-state index in [1.165, 1.54) is 16.7 Å². The van der Waals surface area contributed by atoms with Gasteiger partial charge in [-0.2, -0.15) is 0 Å². The second-order valence-corrected chi connectivity index (χ2v) is 7.79. The van der Waals surface area contributed by atoms with Crippen LogP contribution < -0.4 is 5.32 Å². The topological polar surface area (TPSA) is 49.4 Å². The third-order valence-corrected chi connectivity index (χ3v) is 5.58. The lowest BCUT2D eigenvalue weighted by atomic mass is 10.1. The Morgan fingerprint density at radius 1 is 1.14 bits per heavy atom. The van der Waals surface area contributed by atoms with Crippen LogP contribution in [0.4, 0.5) is 5.69 Å². The highest BCUT2D eigenvalue weighted by Gasteiger charge is 2.33. The number of amides is 2. The average molecular weight is 409 g/mol. The summed E-state index contributed by atoms with van der Waals surface area (Å²) in [5, 5.41) is 2.87. The van der Waals surface area contributed by atoms with Gasteiger partial charge in [-0.15, -0.1) is 0 Å². The van der Waals surface area contributed by atoms with Gasteiger partial charge >= 0.3 is 0 Å². The molecule has 0 bridgehead atoms. The van der Waals surface area contributed by atoms with E-state index in [2.05, 4.69) is 5.32 Å². The first-order valence-electron chi connectivity index (χ1n) is 8.93.